The average molecular weight is 210 g/mol. The normalized spacial score (nSPS) is 17.1. The summed E-state index contributed by atoms with van der Waals surface area (Å²) in [6.07, 6.45) is 4.12. The third-order valence-electron chi connectivity index (χ3n) is 1.71. The Labute approximate surface area is 97.1 Å². The van der Waals surface area contributed by atoms with Crippen LogP contribution in [0.15, 0.2) is 17.1 Å². The Balaban J connectivity index is 5.16. The molecule has 0 rings (SSSR count). The molecule has 0 atom stereocenters. The van der Waals surface area contributed by atoms with Gasteiger partial charge in [-0.1, -0.05) is 40.7 Å². The van der Waals surface area contributed by atoms with Gasteiger partial charge in [0.15, 0.2) is 0 Å². The summed E-state index contributed by atoms with van der Waals surface area (Å²) in [6.45, 7) is 16.4. The number of aliphatic imine (C=N–C) groups is 1. The van der Waals surface area contributed by atoms with Gasteiger partial charge in [-0.3, -0.25) is 4.99 Å². The molecule has 0 N–H and O–H groups in total. The van der Waals surface area contributed by atoms with E-state index in [1.807, 2.05) is 19.9 Å². The SMILES string of the molecule is [2H]C(C)(C)C(/C=C\C(C)(C)C)=NC(C)(C)C. The molecule has 1 heteroatoms. The molecule has 0 bridgehead atoms. The second-order valence-electron chi connectivity index (χ2n) is 6.37. The zero-order valence-corrected chi connectivity index (χ0v) is 11.6. The lowest BCUT2D eigenvalue weighted by Gasteiger charge is -2.18. The molecule has 0 unspecified atom stereocenters. The fraction of sp³-hybridized carbons (Fsp3) is 0.786. The fourth-order valence-corrected chi connectivity index (χ4v) is 1.01. The van der Waals surface area contributed by atoms with E-state index in [1.165, 1.54) is 0 Å². The lowest BCUT2D eigenvalue weighted by atomic mass is 9.94. The van der Waals surface area contributed by atoms with Crippen molar-refractivity contribution in [2.75, 3.05) is 0 Å². The maximum Gasteiger partial charge on any atom is 0.0527 e. The number of allylic oxidation sites excluding steroid dienone is 2. The van der Waals surface area contributed by atoms with Gasteiger partial charge in [-0.15, -0.1) is 0 Å². The van der Waals surface area contributed by atoms with Crippen LogP contribution in [0.3, 0.4) is 0 Å². The zero-order valence-electron chi connectivity index (χ0n) is 12.6. The first kappa shape index (κ1) is 12.5. The number of hydrogen-bond acceptors (Lipinski definition) is 1. The van der Waals surface area contributed by atoms with Crippen molar-refractivity contribution in [1.29, 1.82) is 0 Å². The molecule has 0 heterocycles. The van der Waals surface area contributed by atoms with Crippen molar-refractivity contribution in [3.63, 3.8) is 0 Å². The minimum absolute atomic E-state index is 0.129. The highest BCUT2D eigenvalue weighted by molar-refractivity contribution is 5.96. The highest BCUT2D eigenvalue weighted by Crippen LogP contribution is 2.17. The summed E-state index contributed by atoms with van der Waals surface area (Å²) in [5, 5.41) is 0. The van der Waals surface area contributed by atoms with E-state index in [2.05, 4.69) is 52.6 Å². The molecular weight excluding hydrogens is 182 g/mol. The maximum absolute atomic E-state index is 8.09. The van der Waals surface area contributed by atoms with Crippen LogP contribution in [-0.2, 0) is 0 Å². The van der Waals surface area contributed by atoms with Gasteiger partial charge in [0, 0.05) is 7.08 Å². The van der Waals surface area contributed by atoms with E-state index in [4.69, 9.17) is 1.37 Å². The Kier molecular flexibility index (Phi) is 4.12. The second-order valence-corrected chi connectivity index (χ2v) is 6.37. The largest absolute Gasteiger partial charge is 0.284 e. The molecule has 0 saturated carbocycles. The Morgan fingerprint density at radius 3 is 1.87 bits per heavy atom. The predicted octanol–water partition coefficient (Wildman–Crippen LogP) is 4.48. The van der Waals surface area contributed by atoms with Gasteiger partial charge in [0.2, 0.25) is 0 Å². The van der Waals surface area contributed by atoms with E-state index < -0.39 is 5.89 Å². The molecule has 0 aliphatic heterocycles. The van der Waals surface area contributed by atoms with Crippen LogP contribution in [0.2, 0.25) is 0 Å². The van der Waals surface area contributed by atoms with Gasteiger partial charge in [-0.05, 0) is 38.2 Å². The van der Waals surface area contributed by atoms with Gasteiger partial charge < -0.3 is 0 Å². The van der Waals surface area contributed by atoms with E-state index in [1.54, 1.807) is 0 Å². The summed E-state index contributed by atoms with van der Waals surface area (Å²) >= 11 is 0. The molecule has 0 aromatic rings. The van der Waals surface area contributed by atoms with Gasteiger partial charge in [0.05, 0.1) is 5.54 Å². The predicted molar refractivity (Wildman–Crippen MR) is 70.6 cm³/mol. The van der Waals surface area contributed by atoms with Gasteiger partial charge in [0.1, 0.15) is 0 Å². The van der Waals surface area contributed by atoms with E-state index in [-0.39, 0.29) is 11.0 Å². The third kappa shape index (κ3) is 8.41. The van der Waals surface area contributed by atoms with Crippen molar-refractivity contribution in [1.82, 2.24) is 0 Å². The topological polar surface area (TPSA) is 12.4 Å². The van der Waals surface area contributed by atoms with E-state index >= 15 is 0 Å². The molecular formula is C14H27N. The van der Waals surface area contributed by atoms with Gasteiger partial charge >= 0.3 is 0 Å². The third-order valence-corrected chi connectivity index (χ3v) is 1.71. The number of nitrogens with zero attached hydrogens (tertiary/aromatic N) is 1. The first-order valence-corrected chi connectivity index (χ1v) is 5.61. The van der Waals surface area contributed by atoms with Crippen LogP contribution in [0.1, 0.15) is 56.8 Å². The molecule has 0 amide bonds. The fourth-order valence-electron chi connectivity index (χ4n) is 1.01. The van der Waals surface area contributed by atoms with Crippen LogP contribution in [-0.4, -0.2) is 11.3 Å². The quantitative estimate of drug-likeness (QED) is 0.596. The van der Waals surface area contributed by atoms with Crippen molar-refractivity contribution in [2.45, 2.75) is 60.9 Å². The van der Waals surface area contributed by atoms with Crippen LogP contribution >= 0.6 is 0 Å². The second kappa shape index (κ2) is 4.96. The van der Waals surface area contributed by atoms with Gasteiger partial charge in [-0.2, -0.15) is 0 Å². The molecule has 0 aromatic carbocycles. The van der Waals surface area contributed by atoms with Crippen LogP contribution in [0.25, 0.3) is 0 Å². The average Bonchev–Trinajstić information content (AvgIpc) is 1.91. The van der Waals surface area contributed by atoms with Gasteiger partial charge in [0.25, 0.3) is 0 Å². The molecule has 1 nitrogen and oxygen atoms in total. The van der Waals surface area contributed by atoms with Crippen LogP contribution in [0, 0.1) is 11.3 Å². The summed E-state index contributed by atoms with van der Waals surface area (Å²) in [7, 11) is 0. The summed E-state index contributed by atoms with van der Waals surface area (Å²) in [5.41, 5.74) is 0.842. The summed E-state index contributed by atoms with van der Waals surface area (Å²) < 4.78 is 8.09. The smallest absolute Gasteiger partial charge is 0.0527 e. The highest BCUT2D eigenvalue weighted by Gasteiger charge is 2.12. The molecule has 0 fully saturated rings. The Morgan fingerprint density at radius 2 is 1.60 bits per heavy atom. The standard InChI is InChI=1S/C14H27N/c1-11(2)12(15-14(6,7)8)9-10-13(3,4)5/h9-11H,1-8H3/b10-9-,15-12?/i11D. The van der Waals surface area contributed by atoms with E-state index in [0.29, 0.717) is 0 Å². The monoisotopic (exact) mass is 210 g/mol. The van der Waals surface area contributed by atoms with Crippen molar-refractivity contribution in [2.24, 2.45) is 16.3 Å². The minimum atomic E-state index is -0.644. The van der Waals surface area contributed by atoms with Crippen molar-refractivity contribution >= 4 is 5.71 Å². The first-order valence-electron chi connectivity index (χ1n) is 6.11. The zero-order chi connectivity index (χ0) is 13.2. The molecule has 15 heavy (non-hydrogen) atoms. The molecule has 0 aliphatic rings. The lowest BCUT2D eigenvalue weighted by molar-refractivity contribution is 0.543. The summed E-state index contributed by atoms with van der Waals surface area (Å²) in [5.74, 6) is -0.644. The summed E-state index contributed by atoms with van der Waals surface area (Å²) in [4.78, 5) is 4.63. The summed E-state index contributed by atoms with van der Waals surface area (Å²) in [6, 6.07) is 0. The van der Waals surface area contributed by atoms with Crippen molar-refractivity contribution in [3.8, 4) is 0 Å². The molecule has 0 spiro atoms. The van der Waals surface area contributed by atoms with Crippen LogP contribution in [0.5, 0.6) is 0 Å². The van der Waals surface area contributed by atoms with Gasteiger partial charge in [-0.25, -0.2) is 0 Å². The molecule has 88 valence electrons. The highest BCUT2D eigenvalue weighted by atomic mass is 14.8. The first-order chi connectivity index (χ1) is 6.81. The lowest BCUT2D eigenvalue weighted by Crippen LogP contribution is -2.17. The van der Waals surface area contributed by atoms with Crippen LogP contribution < -0.4 is 0 Å². The van der Waals surface area contributed by atoms with Crippen molar-refractivity contribution < 1.29 is 1.37 Å². The van der Waals surface area contributed by atoms with Crippen molar-refractivity contribution in [3.05, 3.63) is 12.2 Å². The number of rotatable bonds is 2. The minimum Gasteiger partial charge on any atom is -0.284 e. The Hall–Kier alpha value is -0.590. The molecule has 0 aromatic heterocycles. The molecule has 0 aliphatic carbocycles. The maximum atomic E-state index is 8.09. The van der Waals surface area contributed by atoms with E-state index in [0.717, 1.165) is 5.71 Å². The van der Waals surface area contributed by atoms with Crippen LogP contribution in [0.4, 0.5) is 0 Å². The molecule has 0 saturated heterocycles. The Morgan fingerprint density at radius 1 is 1.13 bits per heavy atom. The van der Waals surface area contributed by atoms with E-state index in [9.17, 15) is 0 Å². The Bertz CT molecular complexity index is 279. The molecule has 0 radical (unpaired) electrons. The number of hydrogen-bond donors (Lipinski definition) is 0.